The number of aromatic nitrogens is 5. The van der Waals surface area contributed by atoms with Gasteiger partial charge in [-0.25, -0.2) is 9.67 Å². The maximum absolute atomic E-state index is 9.17. The number of aromatic hydroxyl groups is 1. The average molecular weight is 221 g/mol. The van der Waals surface area contributed by atoms with Crippen molar-refractivity contribution >= 4 is 0 Å². The third-order valence-corrected chi connectivity index (χ3v) is 2.16. The van der Waals surface area contributed by atoms with Crippen molar-refractivity contribution < 1.29 is 5.11 Å². The van der Waals surface area contributed by atoms with Crippen LogP contribution in [0.1, 0.15) is 19.7 Å². The highest BCUT2D eigenvalue weighted by molar-refractivity contribution is 5.09. The third kappa shape index (κ3) is 2.39. The molecule has 0 aliphatic carbocycles. The molecule has 0 saturated heterocycles. The van der Waals surface area contributed by atoms with Crippen molar-refractivity contribution in [3.8, 4) is 5.75 Å². The molecule has 2 rings (SSSR count). The number of hydrogen-bond donors (Lipinski definition) is 1. The second-order valence-corrected chi connectivity index (χ2v) is 4.15. The molecule has 0 aliphatic rings. The predicted octanol–water partition coefficient (Wildman–Crippen LogP) is 0.884. The highest BCUT2D eigenvalue weighted by Crippen LogP contribution is 2.07. The van der Waals surface area contributed by atoms with Gasteiger partial charge in [-0.15, -0.1) is 0 Å². The summed E-state index contributed by atoms with van der Waals surface area (Å²) in [5.74, 6) is 1.53. The van der Waals surface area contributed by atoms with Crippen molar-refractivity contribution in [2.75, 3.05) is 0 Å². The summed E-state index contributed by atoms with van der Waals surface area (Å²) in [4.78, 5) is 4.18. The fourth-order valence-electron chi connectivity index (χ4n) is 1.49. The van der Waals surface area contributed by atoms with E-state index in [0.717, 1.165) is 12.4 Å². The molecule has 0 fully saturated rings. The fourth-order valence-corrected chi connectivity index (χ4v) is 1.49. The van der Waals surface area contributed by atoms with Crippen LogP contribution in [0.25, 0.3) is 0 Å². The molecule has 16 heavy (non-hydrogen) atoms. The number of rotatable bonds is 4. The minimum atomic E-state index is 0.162. The monoisotopic (exact) mass is 221 g/mol. The molecule has 0 amide bonds. The summed E-state index contributed by atoms with van der Waals surface area (Å²) >= 11 is 0. The van der Waals surface area contributed by atoms with Gasteiger partial charge in [0.05, 0.1) is 12.4 Å². The molecule has 0 unspecified atom stereocenters. The molecule has 1 N–H and O–H groups in total. The normalized spacial score (nSPS) is 11.2. The Balaban J connectivity index is 2.12. The Bertz CT molecular complexity index is 459. The van der Waals surface area contributed by atoms with Gasteiger partial charge in [-0.2, -0.15) is 10.2 Å². The summed E-state index contributed by atoms with van der Waals surface area (Å²) in [6.45, 7) is 5.62. The molecular formula is C10H15N5O. The second-order valence-electron chi connectivity index (χ2n) is 4.15. The first kappa shape index (κ1) is 10.7. The van der Waals surface area contributed by atoms with Gasteiger partial charge in [-0.05, 0) is 5.92 Å². The van der Waals surface area contributed by atoms with Gasteiger partial charge in [0.1, 0.15) is 18.7 Å². The van der Waals surface area contributed by atoms with Gasteiger partial charge < -0.3 is 5.11 Å². The van der Waals surface area contributed by atoms with Crippen LogP contribution in [-0.4, -0.2) is 29.7 Å². The quantitative estimate of drug-likeness (QED) is 0.832. The number of nitrogens with zero attached hydrogens (tertiary/aromatic N) is 5. The Labute approximate surface area is 93.5 Å². The molecule has 2 heterocycles. The summed E-state index contributed by atoms with van der Waals surface area (Å²) in [5.41, 5.74) is 0. The molecule has 6 heteroatoms. The Morgan fingerprint density at radius 2 is 2.19 bits per heavy atom. The highest BCUT2D eigenvalue weighted by atomic mass is 16.3. The van der Waals surface area contributed by atoms with E-state index in [1.165, 1.54) is 6.20 Å². The van der Waals surface area contributed by atoms with Crippen LogP contribution in [-0.2, 0) is 13.1 Å². The minimum absolute atomic E-state index is 0.162. The summed E-state index contributed by atoms with van der Waals surface area (Å²) in [7, 11) is 0. The van der Waals surface area contributed by atoms with E-state index in [-0.39, 0.29) is 5.75 Å². The van der Waals surface area contributed by atoms with Crippen LogP contribution in [0.3, 0.4) is 0 Å². The lowest BCUT2D eigenvalue weighted by atomic mass is 10.2. The van der Waals surface area contributed by atoms with Crippen molar-refractivity contribution in [1.29, 1.82) is 0 Å². The van der Waals surface area contributed by atoms with Crippen molar-refractivity contribution in [1.82, 2.24) is 24.5 Å². The summed E-state index contributed by atoms with van der Waals surface area (Å²) in [6, 6.07) is 0. The zero-order valence-electron chi connectivity index (χ0n) is 9.41. The van der Waals surface area contributed by atoms with Gasteiger partial charge >= 0.3 is 0 Å². The van der Waals surface area contributed by atoms with Crippen LogP contribution in [0.2, 0.25) is 0 Å². The summed E-state index contributed by atoms with van der Waals surface area (Å²) in [6.07, 6.45) is 4.51. The maximum Gasteiger partial charge on any atom is 0.153 e. The van der Waals surface area contributed by atoms with E-state index in [9.17, 15) is 5.11 Å². The maximum atomic E-state index is 9.17. The topological polar surface area (TPSA) is 68.8 Å². The van der Waals surface area contributed by atoms with Crippen molar-refractivity contribution in [2.45, 2.75) is 26.9 Å². The van der Waals surface area contributed by atoms with Crippen LogP contribution < -0.4 is 0 Å². The van der Waals surface area contributed by atoms with E-state index in [4.69, 9.17) is 0 Å². The predicted molar refractivity (Wildman–Crippen MR) is 57.9 cm³/mol. The van der Waals surface area contributed by atoms with Gasteiger partial charge in [0, 0.05) is 6.54 Å². The zero-order valence-corrected chi connectivity index (χ0v) is 9.41. The Kier molecular flexibility index (Phi) is 2.89. The van der Waals surface area contributed by atoms with Crippen molar-refractivity contribution in [3.63, 3.8) is 0 Å². The van der Waals surface area contributed by atoms with Crippen LogP contribution in [0.15, 0.2) is 18.7 Å². The van der Waals surface area contributed by atoms with E-state index >= 15 is 0 Å². The van der Waals surface area contributed by atoms with Gasteiger partial charge in [-0.1, -0.05) is 13.8 Å². The fraction of sp³-hybridized carbons (Fsp3) is 0.500. The molecule has 0 radical (unpaired) electrons. The largest absolute Gasteiger partial charge is 0.505 e. The molecule has 0 spiro atoms. The minimum Gasteiger partial charge on any atom is -0.505 e. The molecular weight excluding hydrogens is 206 g/mol. The first-order chi connectivity index (χ1) is 7.65. The SMILES string of the molecule is CC(C)Cn1ncnc1Cn1cc(O)cn1. The van der Waals surface area contributed by atoms with Gasteiger partial charge in [-0.3, -0.25) is 4.68 Å². The van der Waals surface area contributed by atoms with Crippen LogP contribution in [0.4, 0.5) is 0 Å². The Hall–Kier alpha value is -1.85. The Morgan fingerprint density at radius 1 is 1.38 bits per heavy atom. The van der Waals surface area contributed by atoms with Gasteiger partial charge in [0.2, 0.25) is 0 Å². The molecule has 0 atom stereocenters. The summed E-state index contributed by atoms with van der Waals surface area (Å²) < 4.78 is 3.50. The van der Waals surface area contributed by atoms with Gasteiger partial charge in [0.25, 0.3) is 0 Å². The molecule has 6 nitrogen and oxygen atoms in total. The van der Waals surface area contributed by atoms with Gasteiger partial charge in [0.15, 0.2) is 5.75 Å². The van der Waals surface area contributed by atoms with E-state index < -0.39 is 0 Å². The highest BCUT2D eigenvalue weighted by Gasteiger charge is 2.07. The Morgan fingerprint density at radius 3 is 2.81 bits per heavy atom. The third-order valence-electron chi connectivity index (χ3n) is 2.16. The molecule has 0 saturated carbocycles. The molecule has 2 aromatic heterocycles. The van der Waals surface area contributed by atoms with Crippen LogP contribution >= 0.6 is 0 Å². The first-order valence-corrected chi connectivity index (χ1v) is 5.23. The number of hydrogen-bond acceptors (Lipinski definition) is 4. The van der Waals surface area contributed by atoms with Crippen molar-refractivity contribution in [2.24, 2.45) is 5.92 Å². The van der Waals surface area contributed by atoms with E-state index in [1.807, 2.05) is 4.68 Å². The molecule has 86 valence electrons. The van der Waals surface area contributed by atoms with E-state index in [1.54, 1.807) is 17.2 Å². The molecule has 0 aliphatic heterocycles. The average Bonchev–Trinajstić information content (AvgIpc) is 2.77. The molecule has 0 bridgehead atoms. The summed E-state index contributed by atoms with van der Waals surface area (Å²) in [5, 5.41) is 17.3. The molecule has 2 aromatic rings. The lowest BCUT2D eigenvalue weighted by molar-refractivity contribution is 0.454. The van der Waals surface area contributed by atoms with E-state index in [0.29, 0.717) is 12.5 Å². The van der Waals surface area contributed by atoms with Crippen LogP contribution in [0, 0.1) is 5.92 Å². The molecule has 0 aromatic carbocycles. The lowest BCUT2D eigenvalue weighted by Crippen LogP contribution is -2.13. The van der Waals surface area contributed by atoms with Crippen LogP contribution in [0.5, 0.6) is 5.75 Å². The standard InChI is InChI=1S/C10H15N5O/c1-8(2)4-15-10(11-7-13-15)6-14-5-9(16)3-12-14/h3,5,7-8,16H,4,6H2,1-2H3. The van der Waals surface area contributed by atoms with Crippen molar-refractivity contribution in [3.05, 3.63) is 24.5 Å². The first-order valence-electron chi connectivity index (χ1n) is 5.23. The zero-order chi connectivity index (χ0) is 11.5. The van der Waals surface area contributed by atoms with E-state index in [2.05, 4.69) is 29.0 Å². The second kappa shape index (κ2) is 4.34. The smallest absolute Gasteiger partial charge is 0.153 e. The lowest BCUT2D eigenvalue weighted by Gasteiger charge is -2.08.